The standard InChI is InChI=1S/C8H5Br2Cl2NO/c9-8(10)7(14)3-1-4(11)6(13)5(12)2-3/h1-2,8H,13H2. The van der Waals surface area contributed by atoms with Gasteiger partial charge in [0, 0.05) is 5.56 Å². The predicted octanol–water partition coefficient (Wildman–Crippen LogP) is 3.87. The van der Waals surface area contributed by atoms with Gasteiger partial charge < -0.3 is 5.73 Å². The molecule has 0 radical (unpaired) electrons. The van der Waals surface area contributed by atoms with Gasteiger partial charge in [-0.1, -0.05) is 55.1 Å². The van der Waals surface area contributed by atoms with Crippen molar-refractivity contribution in [3.8, 4) is 0 Å². The fraction of sp³-hybridized carbons (Fsp3) is 0.125. The van der Waals surface area contributed by atoms with E-state index >= 15 is 0 Å². The SMILES string of the molecule is Nc1c(Cl)cc(C(=O)C(Br)Br)cc1Cl. The molecule has 0 unspecified atom stereocenters. The average Bonchev–Trinajstić information content (AvgIpc) is 2.12. The van der Waals surface area contributed by atoms with Crippen LogP contribution in [0.3, 0.4) is 0 Å². The number of carbonyl (C=O) groups excluding carboxylic acids is 1. The highest BCUT2D eigenvalue weighted by atomic mass is 79.9. The Hall–Kier alpha value is 0.230. The molecule has 14 heavy (non-hydrogen) atoms. The molecular formula is C8H5Br2Cl2NO. The summed E-state index contributed by atoms with van der Waals surface area (Å²) in [6.45, 7) is 0. The number of Topliss-reactive ketones (excluding diaryl/α,β-unsaturated/α-hetero) is 1. The molecule has 1 aromatic carbocycles. The molecule has 0 aliphatic carbocycles. The number of nitrogens with two attached hydrogens (primary N) is 1. The van der Waals surface area contributed by atoms with Crippen molar-refractivity contribution in [2.75, 3.05) is 5.73 Å². The Morgan fingerprint density at radius 3 is 2.07 bits per heavy atom. The molecule has 0 heterocycles. The molecule has 1 rings (SSSR count). The van der Waals surface area contributed by atoms with Gasteiger partial charge >= 0.3 is 0 Å². The lowest BCUT2D eigenvalue weighted by molar-refractivity contribution is 0.101. The number of anilines is 1. The topological polar surface area (TPSA) is 43.1 Å². The summed E-state index contributed by atoms with van der Waals surface area (Å²) >= 11 is 17.7. The largest absolute Gasteiger partial charge is 0.396 e. The normalized spacial score (nSPS) is 10.6. The minimum absolute atomic E-state index is 0.159. The summed E-state index contributed by atoms with van der Waals surface area (Å²) in [6, 6.07) is 2.97. The highest BCUT2D eigenvalue weighted by molar-refractivity contribution is 9.25. The number of carbonyl (C=O) groups is 1. The average molecular weight is 362 g/mol. The van der Waals surface area contributed by atoms with Crippen molar-refractivity contribution in [1.29, 1.82) is 0 Å². The molecule has 0 saturated carbocycles. The number of rotatable bonds is 2. The molecule has 0 amide bonds. The molecule has 0 fully saturated rings. The van der Waals surface area contributed by atoms with Crippen molar-refractivity contribution in [3.63, 3.8) is 0 Å². The second kappa shape index (κ2) is 4.84. The van der Waals surface area contributed by atoms with Crippen LogP contribution in [0.15, 0.2) is 12.1 Å². The Kier molecular flexibility index (Phi) is 4.25. The number of hydrogen-bond donors (Lipinski definition) is 1. The summed E-state index contributed by atoms with van der Waals surface area (Å²) in [4.78, 5) is 11.5. The molecule has 0 aromatic heterocycles. The molecule has 0 bridgehead atoms. The van der Waals surface area contributed by atoms with Gasteiger partial charge in [0.05, 0.1) is 15.7 Å². The quantitative estimate of drug-likeness (QED) is 0.493. The van der Waals surface area contributed by atoms with Crippen molar-refractivity contribution >= 4 is 66.5 Å². The minimum Gasteiger partial charge on any atom is -0.396 e. The molecule has 0 aliphatic heterocycles. The zero-order chi connectivity index (χ0) is 10.9. The Morgan fingerprint density at radius 2 is 1.71 bits per heavy atom. The van der Waals surface area contributed by atoms with Crippen LogP contribution < -0.4 is 5.73 Å². The van der Waals surface area contributed by atoms with Crippen molar-refractivity contribution in [3.05, 3.63) is 27.7 Å². The smallest absolute Gasteiger partial charge is 0.187 e. The molecule has 2 N–H and O–H groups in total. The first-order valence-electron chi connectivity index (χ1n) is 3.50. The maximum Gasteiger partial charge on any atom is 0.187 e. The van der Waals surface area contributed by atoms with Crippen LogP contribution in [0.4, 0.5) is 5.69 Å². The third-order valence-electron chi connectivity index (χ3n) is 1.56. The number of benzene rings is 1. The van der Waals surface area contributed by atoms with Crippen LogP contribution in [-0.4, -0.2) is 9.52 Å². The molecule has 1 aromatic rings. The van der Waals surface area contributed by atoms with Crippen LogP contribution in [0.5, 0.6) is 0 Å². The highest BCUT2D eigenvalue weighted by Crippen LogP contribution is 2.30. The fourth-order valence-electron chi connectivity index (χ4n) is 0.853. The first-order valence-corrected chi connectivity index (χ1v) is 6.09. The van der Waals surface area contributed by atoms with E-state index in [0.717, 1.165) is 0 Å². The first kappa shape index (κ1) is 12.3. The van der Waals surface area contributed by atoms with Gasteiger partial charge in [-0.3, -0.25) is 4.79 Å². The van der Waals surface area contributed by atoms with Crippen LogP contribution in [0.1, 0.15) is 10.4 Å². The van der Waals surface area contributed by atoms with E-state index in [1.165, 1.54) is 12.1 Å². The number of nitrogen functional groups attached to an aromatic ring is 1. The predicted molar refractivity (Wildman–Crippen MR) is 66.8 cm³/mol. The van der Waals surface area contributed by atoms with Gasteiger partial charge in [-0.05, 0) is 12.1 Å². The summed E-state index contributed by atoms with van der Waals surface area (Å²) in [5, 5.41) is 0.558. The van der Waals surface area contributed by atoms with E-state index < -0.39 is 3.74 Å². The second-order valence-corrected chi connectivity index (χ2v) is 6.39. The summed E-state index contributed by atoms with van der Waals surface area (Å²) in [6.07, 6.45) is 0. The van der Waals surface area contributed by atoms with Gasteiger partial charge in [0.2, 0.25) is 0 Å². The van der Waals surface area contributed by atoms with Crippen molar-refractivity contribution < 1.29 is 4.79 Å². The molecule has 0 aliphatic rings. The Morgan fingerprint density at radius 1 is 1.29 bits per heavy atom. The van der Waals surface area contributed by atoms with E-state index in [-0.39, 0.29) is 21.5 Å². The lowest BCUT2D eigenvalue weighted by Gasteiger charge is -2.06. The van der Waals surface area contributed by atoms with Gasteiger partial charge in [0.1, 0.15) is 3.74 Å². The lowest BCUT2D eigenvalue weighted by atomic mass is 10.1. The van der Waals surface area contributed by atoms with Gasteiger partial charge in [-0.25, -0.2) is 0 Å². The molecule has 0 atom stereocenters. The van der Waals surface area contributed by atoms with Gasteiger partial charge in [-0.2, -0.15) is 0 Å². The summed E-state index contributed by atoms with van der Waals surface area (Å²) < 4.78 is -0.453. The zero-order valence-corrected chi connectivity index (χ0v) is 11.4. The third kappa shape index (κ3) is 2.63. The van der Waals surface area contributed by atoms with Crippen LogP contribution in [0.25, 0.3) is 0 Å². The Bertz CT molecular complexity index is 359. The first-order chi connectivity index (χ1) is 6.43. The van der Waals surface area contributed by atoms with Crippen LogP contribution in [0, 0.1) is 0 Å². The van der Waals surface area contributed by atoms with E-state index in [9.17, 15) is 4.79 Å². The third-order valence-corrected chi connectivity index (χ3v) is 3.02. The fourth-order valence-corrected chi connectivity index (χ4v) is 1.87. The molecule has 0 saturated heterocycles. The van der Waals surface area contributed by atoms with Crippen LogP contribution in [0.2, 0.25) is 10.0 Å². The van der Waals surface area contributed by atoms with Crippen molar-refractivity contribution in [2.45, 2.75) is 3.74 Å². The molecule has 6 heteroatoms. The summed E-state index contributed by atoms with van der Waals surface area (Å²) in [5.41, 5.74) is 6.22. The number of halogens is 4. The second-order valence-electron chi connectivity index (χ2n) is 2.52. The van der Waals surface area contributed by atoms with Gasteiger partial charge in [0.25, 0.3) is 0 Å². The number of alkyl halides is 2. The van der Waals surface area contributed by atoms with Gasteiger partial charge in [0.15, 0.2) is 5.78 Å². The minimum atomic E-state index is -0.453. The van der Waals surface area contributed by atoms with E-state index in [2.05, 4.69) is 31.9 Å². The van der Waals surface area contributed by atoms with Crippen molar-refractivity contribution in [2.24, 2.45) is 0 Å². The van der Waals surface area contributed by atoms with E-state index in [4.69, 9.17) is 28.9 Å². The Balaban J connectivity index is 3.19. The van der Waals surface area contributed by atoms with Crippen molar-refractivity contribution in [1.82, 2.24) is 0 Å². The molecule has 76 valence electrons. The van der Waals surface area contributed by atoms with E-state index in [1.807, 2.05) is 0 Å². The van der Waals surface area contributed by atoms with Gasteiger partial charge in [-0.15, -0.1) is 0 Å². The van der Waals surface area contributed by atoms with Crippen LogP contribution >= 0.6 is 55.1 Å². The molecular weight excluding hydrogens is 357 g/mol. The zero-order valence-electron chi connectivity index (χ0n) is 6.73. The summed E-state index contributed by atoms with van der Waals surface area (Å²) in [5.74, 6) is -0.159. The monoisotopic (exact) mass is 359 g/mol. The lowest BCUT2D eigenvalue weighted by Crippen LogP contribution is -2.07. The Labute approximate surface area is 108 Å². The highest BCUT2D eigenvalue weighted by Gasteiger charge is 2.16. The maximum atomic E-state index is 11.5. The number of hydrogen-bond acceptors (Lipinski definition) is 2. The molecule has 2 nitrogen and oxygen atoms in total. The molecule has 0 spiro atoms. The number of ketones is 1. The maximum absolute atomic E-state index is 11.5. The summed E-state index contributed by atoms with van der Waals surface area (Å²) in [7, 11) is 0. The van der Waals surface area contributed by atoms with E-state index in [0.29, 0.717) is 5.56 Å². The van der Waals surface area contributed by atoms with E-state index in [1.54, 1.807) is 0 Å². The van der Waals surface area contributed by atoms with Crippen LogP contribution in [-0.2, 0) is 0 Å².